The number of hydrogen-bond acceptors (Lipinski definition) is 5. The Morgan fingerprint density at radius 1 is 1.20 bits per heavy atom. The van der Waals surface area contributed by atoms with Gasteiger partial charge in [-0.2, -0.15) is 4.98 Å². The summed E-state index contributed by atoms with van der Waals surface area (Å²) in [5, 5.41) is 7.30. The number of carbonyl (C=O) groups excluding carboxylic acids is 1. The zero-order valence-corrected chi connectivity index (χ0v) is 14.2. The molecule has 2 aromatic carbocycles. The Morgan fingerprint density at radius 2 is 1.92 bits per heavy atom. The highest BCUT2D eigenvalue weighted by Crippen LogP contribution is 2.18. The fourth-order valence-electron chi connectivity index (χ4n) is 2.14. The van der Waals surface area contributed by atoms with Crippen molar-refractivity contribution < 1.29 is 14.1 Å². The number of halogens is 1. The first-order chi connectivity index (χ1) is 12.1. The van der Waals surface area contributed by atoms with Crippen molar-refractivity contribution >= 4 is 17.5 Å². The number of benzene rings is 2. The Balaban J connectivity index is 1.55. The maximum atomic E-state index is 12.0. The van der Waals surface area contributed by atoms with E-state index in [0.29, 0.717) is 22.5 Å². The highest BCUT2D eigenvalue weighted by atomic mass is 35.5. The highest BCUT2D eigenvalue weighted by Gasteiger charge is 2.17. The highest BCUT2D eigenvalue weighted by molar-refractivity contribution is 6.30. The number of nitrogens with one attached hydrogen (secondary N) is 1. The van der Waals surface area contributed by atoms with E-state index in [1.54, 1.807) is 31.2 Å². The lowest BCUT2D eigenvalue weighted by Crippen LogP contribution is -2.31. The molecule has 1 amide bonds. The molecule has 3 rings (SSSR count). The summed E-state index contributed by atoms with van der Waals surface area (Å²) in [4.78, 5) is 16.3. The van der Waals surface area contributed by atoms with E-state index in [4.69, 9.17) is 20.9 Å². The van der Waals surface area contributed by atoms with Crippen LogP contribution in [-0.2, 0) is 4.79 Å². The summed E-state index contributed by atoms with van der Waals surface area (Å²) in [5.41, 5.74) is 0.849. The molecule has 128 valence electrons. The van der Waals surface area contributed by atoms with Gasteiger partial charge in [0, 0.05) is 10.6 Å². The summed E-state index contributed by atoms with van der Waals surface area (Å²) >= 11 is 5.80. The Labute approximate surface area is 149 Å². The summed E-state index contributed by atoms with van der Waals surface area (Å²) in [6.45, 7) is 1.65. The SMILES string of the molecule is CC(NC(=O)COc1ccc(Cl)cc1)c1nc(-c2ccccc2)no1. The smallest absolute Gasteiger partial charge is 0.258 e. The van der Waals surface area contributed by atoms with Gasteiger partial charge in [-0.05, 0) is 31.2 Å². The normalized spacial score (nSPS) is 11.8. The van der Waals surface area contributed by atoms with Gasteiger partial charge >= 0.3 is 0 Å². The number of carbonyl (C=O) groups is 1. The molecule has 3 aromatic rings. The van der Waals surface area contributed by atoms with Gasteiger partial charge in [-0.25, -0.2) is 0 Å². The van der Waals surface area contributed by atoms with Crippen molar-refractivity contribution in [3.8, 4) is 17.1 Å². The van der Waals surface area contributed by atoms with Gasteiger partial charge in [0.25, 0.3) is 5.91 Å². The molecular formula is C18H16ClN3O3. The van der Waals surface area contributed by atoms with E-state index in [1.807, 2.05) is 30.3 Å². The molecule has 0 aliphatic carbocycles. The largest absolute Gasteiger partial charge is 0.484 e. The van der Waals surface area contributed by atoms with Gasteiger partial charge in [-0.15, -0.1) is 0 Å². The van der Waals surface area contributed by atoms with Gasteiger partial charge in [-0.3, -0.25) is 4.79 Å². The van der Waals surface area contributed by atoms with Crippen LogP contribution in [0.3, 0.4) is 0 Å². The quantitative estimate of drug-likeness (QED) is 0.728. The van der Waals surface area contributed by atoms with Crippen molar-refractivity contribution in [2.45, 2.75) is 13.0 Å². The molecule has 1 atom stereocenters. The van der Waals surface area contributed by atoms with Crippen LogP contribution in [0, 0.1) is 0 Å². The third-order valence-electron chi connectivity index (χ3n) is 3.41. The summed E-state index contributed by atoms with van der Waals surface area (Å²) in [6.07, 6.45) is 0. The molecule has 1 heterocycles. The molecule has 1 unspecified atom stereocenters. The second-order valence-electron chi connectivity index (χ2n) is 5.35. The number of amides is 1. The van der Waals surface area contributed by atoms with E-state index >= 15 is 0 Å². The second kappa shape index (κ2) is 7.81. The average Bonchev–Trinajstić information content (AvgIpc) is 3.12. The Kier molecular flexibility index (Phi) is 5.30. The van der Waals surface area contributed by atoms with Gasteiger partial charge in [0.2, 0.25) is 11.7 Å². The number of ether oxygens (including phenoxy) is 1. The molecule has 0 saturated carbocycles. The second-order valence-corrected chi connectivity index (χ2v) is 5.79. The van der Waals surface area contributed by atoms with Crippen LogP contribution in [0.1, 0.15) is 18.9 Å². The standard InChI is InChI=1S/C18H16ClN3O3/c1-12(18-21-17(22-25-18)13-5-3-2-4-6-13)20-16(23)11-24-15-9-7-14(19)8-10-15/h2-10,12H,11H2,1H3,(H,20,23). The Morgan fingerprint density at radius 3 is 2.64 bits per heavy atom. The first kappa shape index (κ1) is 17.0. The van der Waals surface area contributed by atoms with Crippen molar-refractivity contribution in [3.05, 3.63) is 65.5 Å². The molecule has 0 saturated heterocycles. The van der Waals surface area contributed by atoms with Gasteiger partial charge < -0.3 is 14.6 Å². The fraction of sp³-hybridized carbons (Fsp3) is 0.167. The summed E-state index contributed by atoms with van der Waals surface area (Å²) in [5.74, 6) is 1.09. The molecule has 7 heteroatoms. The third-order valence-corrected chi connectivity index (χ3v) is 3.66. The van der Waals surface area contributed by atoms with E-state index in [-0.39, 0.29) is 12.5 Å². The van der Waals surface area contributed by atoms with E-state index in [1.165, 1.54) is 0 Å². The maximum Gasteiger partial charge on any atom is 0.258 e. The lowest BCUT2D eigenvalue weighted by atomic mass is 10.2. The van der Waals surface area contributed by atoms with Crippen LogP contribution in [0.25, 0.3) is 11.4 Å². The van der Waals surface area contributed by atoms with Crippen LogP contribution in [0.15, 0.2) is 59.1 Å². The zero-order valence-electron chi connectivity index (χ0n) is 13.5. The van der Waals surface area contributed by atoms with Crippen LogP contribution >= 0.6 is 11.6 Å². The average molecular weight is 358 g/mol. The zero-order chi connectivity index (χ0) is 17.6. The van der Waals surface area contributed by atoms with Crippen LogP contribution in [0.5, 0.6) is 5.75 Å². The van der Waals surface area contributed by atoms with Gasteiger partial charge in [0.1, 0.15) is 11.8 Å². The molecule has 0 spiro atoms. The topological polar surface area (TPSA) is 77.2 Å². The first-order valence-electron chi connectivity index (χ1n) is 7.68. The molecule has 0 bridgehead atoms. The molecule has 1 aromatic heterocycles. The summed E-state index contributed by atoms with van der Waals surface area (Å²) in [7, 11) is 0. The predicted octanol–water partition coefficient (Wildman–Crippen LogP) is 3.65. The number of aromatic nitrogens is 2. The third kappa shape index (κ3) is 4.58. The van der Waals surface area contributed by atoms with Crippen molar-refractivity contribution in [2.24, 2.45) is 0 Å². The van der Waals surface area contributed by atoms with Gasteiger partial charge in [-0.1, -0.05) is 47.1 Å². The molecule has 0 aliphatic heterocycles. The fourth-order valence-corrected chi connectivity index (χ4v) is 2.27. The number of hydrogen-bond donors (Lipinski definition) is 1. The van der Waals surface area contributed by atoms with Crippen LogP contribution < -0.4 is 10.1 Å². The van der Waals surface area contributed by atoms with Gasteiger partial charge in [0.15, 0.2) is 6.61 Å². The Bertz CT molecular complexity index is 834. The minimum atomic E-state index is -0.425. The minimum absolute atomic E-state index is 0.119. The van der Waals surface area contributed by atoms with Crippen molar-refractivity contribution in [1.29, 1.82) is 0 Å². The molecule has 6 nitrogen and oxygen atoms in total. The molecule has 1 N–H and O–H groups in total. The molecular weight excluding hydrogens is 342 g/mol. The molecule has 25 heavy (non-hydrogen) atoms. The lowest BCUT2D eigenvalue weighted by molar-refractivity contribution is -0.123. The van der Waals surface area contributed by atoms with E-state index in [0.717, 1.165) is 5.56 Å². The first-order valence-corrected chi connectivity index (χ1v) is 8.06. The van der Waals surface area contributed by atoms with Crippen LogP contribution in [-0.4, -0.2) is 22.7 Å². The van der Waals surface area contributed by atoms with Crippen LogP contribution in [0.2, 0.25) is 5.02 Å². The van der Waals surface area contributed by atoms with Gasteiger partial charge in [0.05, 0.1) is 0 Å². The van der Waals surface area contributed by atoms with Crippen molar-refractivity contribution in [2.75, 3.05) is 6.61 Å². The van der Waals surface area contributed by atoms with E-state index < -0.39 is 6.04 Å². The van der Waals surface area contributed by atoms with E-state index in [2.05, 4.69) is 15.5 Å². The molecule has 0 aliphatic rings. The lowest BCUT2D eigenvalue weighted by Gasteiger charge is -2.10. The van der Waals surface area contributed by atoms with Crippen molar-refractivity contribution in [3.63, 3.8) is 0 Å². The minimum Gasteiger partial charge on any atom is -0.484 e. The van der Waals surface area contributed by atoms with Crippen LogP contribution in [0.4, 0.5) is 0 Å². The van der Waals surface area contributed by atoms with E-state index in [9.17, 15) is 4.79 Å². The molecule has 0 radical (unpaired) electrons. The summed E-state index contributed by atoms with van der Waals surface area (Å²) in [6, 6.07) is 15.8. The predicted molar refractivity (Wildman–Crippen MR) is 93.2 cm³/mol. The molecule has 0 fully saturated rings. The monoisotopic (exact) mass is 357 g/mol. The number of nitrogens with zero attached hydrogens (tertiary/aromatic N) is 2. The summed E-state index contributed by atoms with van der Waals surface area (Å²) < 4.78 is 10.6. The van der Waals surface area contributed by atoms with Crippen molar-refractivity contribution in [1.82, 2.24) is 15.5 Å². The number of rotatable bonds is 6. The maximum absolute atomic E-state index is 12.0. The Hall–Kier alpha value is -2.86.